The lowest BCUT2D eigenvalue weighted by atomic mass is 10.1. The first-order valence-electron chi connectivity index (χ1n) is 12.0. The highest BCUT2D eigenvalue weighted by Crippen LogP contribution is 2.34. The van der Waals surface area contributed by atoms with E-state index >= 15 is 0 Å². The Hall–Kier alpha value is -4.26. The Morgan fingerprint density at radius 3 is 2.38 bits per heavy atom. The summed E-state index contributed by atoms with van der Waals surface area (Å²) in [6.07, 6.45) is 1.28. The molecule has 1 atom stereocenters. The van der Waals surface area contributed by atoms with Crippen molar-refractivity contribution >= 4 is 11.0 Å². The van der Waals surface area contributed by atoms with Crippen LogP contribution in [0.4, 0.5) is 0 Å². The predicted octanol–water partition coefficient (Wildman–Crippen LogP) is 5.19. The molecule has 0 aliphatic carbocycles. The van der Waals surface area contributed by atoms with Crippen molar-refractivity contribution in [3.8, 4) is 35.1 Å². The number of ether oxygens (including phenoxy) is 3. The van der Waals surface area contributed by atoms with E-state index in [1.807, 2.05) is 66.7 Å². The Morgan fingerprint density at radius 1 is 0.973 bits per heavy atom. The van der Waals surface area contributed by atoms with E-state index in [-0.39, 0.29) is 12.1 Å². The number of aryl methyl sites for hydroxylation is 1. The van der Waals surface area contributed by atoms with Gasteiger partial charge in [0.2, 0.25) is 11.8 Å². The molecule has 4 aromatic rings. The zero-order valence-corrected chi connectivity index (χ0v) is 22.4. The van der Waals surface area contributed by atoms with Crippen LogP contribution in [-0.4, -0.2) is 41.1 Å². The molecule has 3 aromatic heterocycles. The highest BCUT2D eigenvalue weighted by atomic mass is 16.5. The van der Waals surface area contributed by atoms with E-state index in [1.54, 1.807) is 30.1 Å². The number of rotatable bonds is 6. The average molecular weight is 502 g/mol. The predicted molar refractivity (Wildman–Crippen MR) is 138 cm³/mol. The van der Waals surface area contributed by atoms with Crippen LogP contribution >= 0.6 is 0 Å². The minimum absolute atomic E-state index is 0.211. The van der Waals surface area contributed by atoms with Gasteiger partial charge in [0.25, 0.3) is 0 Å². The molecular weight excluding hydrogens is 470 g/mol. The first-order chi connectivity index (χ1) is 17.3. The Morgan fingerprint density at radius 2 is 1.70 bits per heavy atom. The monoisotopic (exact) mass is 501 g/mol. The fraction of sp³-hybridized carbons (Fsp3) is 0.407. The van der Waals surface area contributed by atoms with Gasteiger partial charge in [0.05, 0.1) is 22.6 Å². The summed E-state index contributed by atoms with van der Waals surface area (Å²) in [5, 5.41) is 23.2. The second-order valence-electron chi connectivity index (χ2n) is 10.7. The minimum atomic E-state index is -0.518. The lowest BCUT2D eigenvalue weighted by molar-refractivity contribution is 0.103. The van der Waals surface area contributed by atoms with Gasteiger partial charge < -0.3 is 14.2 Å². The van der Waals surface area contributed by atoms with Gasteiger partial charge in [-0.3, -0.25) is 0 Å². The molecule has 0 radical (unpaired) electrons. The SMILES string of the molecule is CC(Oc1nn(C)c2nnc(-c3cnc(OC(C)(C)C)nc3OC(C)(C)C)cc12)c1cccc(C#N)c1. The van der Waals surface area contributed by atoms with Gasteiger partial charge in [-0.2, -0.15) is 10.2 Å². The van der Waals surface area contributed by atoms with Gasteiger partial charge in [0.1, 0.15) is 23.0 Å². The van der Waals surface area contributed by atoms with Crippen molar-refractivity contribution in [2.24, 2.45) is 7.05 Å². The van der Waals surface area contributed by atoms with Crippen molar-refractivity contribution in [3.63, 3.8) is 0 Å². The standard InChI is InChI=1S/C27H31N7O3/c1-16(18-11-9-10-17(12-18)14-28)35-24-19-13-21(31-32-22(19)34(8)33-24)20-15-29-25(37-27(5,6)7)30-23(20)36-26(2,3)4/h9-13,15-16H,1-8H3. The summed E-state index contributed by atoms with van der Waals surface area (Å²) in [6, 6.07) is 11.5. The molecule has 0 aliphatic rings. The Kier molecular flexibility index (Phi) is 6.74. The van der Waals surface area contributed by atoms with E-state index in [0.717, 1.165) is 5.56 Å². The Labute approximate surface area is 216 Å². The van der Waals surface area contributed by atoms with E-state index in [2.05, 4.69) is 31.3 Å². The van der Waals surface area contributed by atoms with Crippen molar-refractivity contribution in [2.45, 2.75) is 65.8 Å². The van der Waals surface area contributed by atoms with Crippen molar-refractivity contribution in [2.75, 3.05) is 0 Å². The molecule has 3 heterocycles. The third-order valence-electron chi connectivity index (χ3n) is 5.13. The summed E-state index contributed by atoms with van der Waals surface area (Å²) in [5.74, 6) is 0.735. The summed E-state index contributed by atoms with van der Waals surface area (Å²) in [5.41, 5.74) is 2.08. The lowest BCUT2D eigenvalue weighted by Gasteiger charge is -2.24. The van der Waals surface area contributed by atoms with E-state index < -0.39 is 11.2 Å². The normalized spacial score (nSPS) is 12.7. The van der Waals surface area contributed by atoms with Crippen molar-refractivity contribution in [1.82, 2.24) is 29.9 Å². The van der Waals surface area contributed by atoms with Crippen molar-refractivity contribution in [1.29, 1.82) is 5.26 Å². The Balaban J connectivity index is 1.75. The van der Waals surface area contributed by atoms with E-state index in [1.165, 1.54) is 0 Å². The number of fused-ring (bicyclic) bond motifs is 1. The first-order valence-corrected chi connectivity index (χ1v) is 12.0. The van der Waals surface area contributed by atoms with Crippen LogP contribution in [0.1, 0.15) is 65.7 Å². The number of benzene rings is 1. The lowest BCUT2D eigenvalue weighted by Crippen LogP contribution is -2.26. The minimum Gasteiger partial charge on any atom is -0.471 e. The molecule has 0 fully saturated rings. The van der Waals surface area contributed by atoms with Crippen LogP contribution in [0.3, 0.4) is 0 Å². The van der Waals surface area contributed by atoms with Gasteiger partial charge in [-0.05, 0) is 72.2 Å². The number of hydrogen-bond donors (Lipinski definition) is 0. The molecule has 0 aliphatic heterocycles. The van der Waals surface area contributed by atoms with E-state index in [9.17, 15) is 5.26 Å². The van der Waals surface area contributed by atoms with Gasteiger partial charge in [0, 0.05) is 13.2 Å². The molecular formula is C27H31N7O3. The van der Waals surface area contributed by atoms with Crippen LogP contribution in [0.2, 0.25) is 0 Å². The molecule has 4 rings (SSSR count). The molecule has 0 amide bonds. The van der Waals surface area contributed by atoms with Gasteiger partial charge in [-0.1, -0.05) is 12.1 Å². The van der Waals surface area contributed by atoms with Crippen LogP contribution < -0.4 is 14.2 Å². The third-order valence-corrected chi connectivity index (χ3v) is 5.13. The molecule has 192 valence electrons. The molecule has 0 spiro atoms. The quantitative estimate of drug-likeness (QED) is 0.351. The largest absolute Gasteiger partial charge is 0.471 e. The van der Waals surface area contributed by atoms with E-state index in [0.29, 0.717) is 39.6 Å². The number of nitrogens with zero attached hydrogens (tertiary/aromatic N) is 7. The molecule has 0 saturated heterocycles. The maximum atomic E-state index is 9.23. The summed E-state index contributed by atoms with van der Waals surface area (Å²) >= 11 is 0. The second-order valence-corrected chi connectivity index (χ2v) is 10.7. The maximum absolute atomic E-state index is 9.23. The van der Waals surface area contributed by atoms with Crippen LogP contribution in [-0.2, 0) is 7.05 Å². The molecule has 10 heteroatoms. The average Bonchev–Trinajstić information content (AvgIpc) is 3.11. The highest BCUT2D eigenvalue weighted by Gasteiger charge is 2.24. The molecule has 10 nitrogen and oxygen atoms in total. The van der Waals surface area contributed by atoms with Gasteiger partial charge in [-0.25, -0.2) is 9.67 Å². The zero-order valence-electron chi connectivity index (χ0n) is 22.4. The van der Waals surface area contributed by atoms with Gasteiger partial charge in [0.15, 0.2) is 5.65 Å². The molecule has 0 saturated carbocycles. The van der Waals surface area contributed by atoms with Crippen LogP contribution in [0, 0.1) is 11.3 Å². The fourth-order valence-electron chi connectivity index (χ4n) is 3.55. The van der Waals surface area contributed by atoms with Crippen molar-refractivity contribution in [3.05, 3.63) is 47.7 Å². The van der Waals surface area contributed by atoms with Crippen LogP contribution in [0.5, 0.6) is 17.8 Å². The fourth-order valence-corrected chi connectivity index (χ4v) is 3.55. The number of aromatic nitrogens is 6. The van der Waals surface area contributed by atoms with Gasteiger partial charge >= 0.3 is 6.01 Å². The smallest absolute Gasteiger partial charge is 0.320 e. The molecule has 0 bridgehead atoms. The molecule has 1 unspecified atom stereocenters. The van der Waals surface area contributed by atoms with Crippen LogP contribution in [0.15, 0.2) is 36.5 Å². The topological polar surface area (TPSA) is 121 Å². The number of hydrogen-bond acceptors (Lipinski definition) is 9. The summed E-state index contributed by atoms with van der Waals surface area (Å²) in [7, 11) is 1.78. The second kappa shape index (κ2) is 9.65. The summed E-state index contributed by atoms with van der Waals surface area (Å²) in [4.78, 5) is 8.91. The maximum Gasteiger partial charge on any atom is 0.320 e. The highest BCUT2D eigenvalue weighted by molar-refractivity contribution is 5.85. The summed E-state index contributed by atoms with van der Waals surface area (Å²) in [6.45, 7) is 13.5. The molecule has 1 aromatic carbocycles. The zero-order chi connectivity index (χ0) is 27.0. The Bertz CT molecular complexity index is 1480. The summed E-state index contributed by atoms with van der Waals surface area (Å²) < 4.78 is 19.8. The third kappa shape index (κ3) is 6.12. The van der Waals surface area contributed by atoms with Gasteiger partial charge in [-0.15, -0.1) is 15.3 Å². The molecule has 0 N–H and O–H groups in total. The molecule has 37 heavy (non-hydrogen) atoms. The van der Waals surface area contributed by atoms with E-state index in [4.69, 9.17) is 14.2 Å². The van der Waals surface area contributed by atoms with Crippen LogP contribution in [0.25, 0.3) is 22.3 Å². The van der Waals surface area contributed by atoms with Crippen molar-refractivity contribution < 1.29 is 14.2 Å². The first kappa shape index (κ1) is 25.8. The number of nitriles is 1.